The Morgan fingerprint density at radius 2 is 1.80 bits per heavy atom. The fourth-order valence-corrected chi connectivity index (χ4v) is 4.51. The molecular weight excluding hydrogens is 360 g/mol. The fourth-order valence-electron chi connectivity index (χ4n) is 3.04. The summed E-state index contributed by atoms with van der Waals surface area (Å²) in [6, 6.07) is 6.83. The molecule has 1 aromatic carbocycles. The highest BCUT2D eigenvalue weighted by atomic mass is 35.5. The van der Waals surface area contributed by atoms with Gasteiger partial charge in [-0.2, -0.15) is 4.31 Å². The van der Waals surface area contributed by atoms with Crippen molar-refractivity contribution in [1.82, 2.24) is 9.62 Å². The summed E-state index contributed by atoms with van der Waals surface area (Å²) in [7, 11) is -1.45. The molecule has 1 fully saturated rings. The van der Waals surface area contributed by atoms with Gasteiger partial charge in [-0.15, -0.1) is 12.4 Å². The maximum absolute atomic E-state index is 12.7. The van der Waals surface area contributed by atoms with Gasteiger partial charge >= 0.3 is 0 Å². The van der Waals surface area contributed by atoms with Gasteiger partial charge in [-0.05, 0) is 63.0 Å². The van der Waals surface area contributed by atoms with Crippen molar-refractivity contribution in [2.75, 3.05) is 33.3 Å². The van der Waals surface area contributed by atoms with Crippen LogP contribution in [-0.2, 0) is 10.0 Å². The van der Waals surface area contributed by atoms with E-state index < -0.39 is 10.0 Å². The summed E-state index contributed by atoms with van der Waals surface area (Å²) >= 11 is 0. The number of unbranched alkanes of at least 4 members (excludes halogenated alkanes) is 2. The molecular formula is C18H31ClN2O3S. The number of piperidine rings is 1. The first-order valence-corrected chi connectivity index (χ1v) is 10.4. The molecule has 0 aliphatic carbocycles. The normalized spacial score (nSPS) is 16.4. The molecule has 0 unspecified atom stereocenters. The lowest BCUT2D eigenvalue weighted by Crippen LogP contribution is -2.40. The van der Waals surface area contributed by atoms with E-state index in [2.05, 4.69) is 12.2 Å². The summed E-state index contributed by atoms with van der Waals surface area (Å²) < 4.78 is 32.7. The zero-order valence-corrected chi connectivity index (χ0v) is 16.9. The Labute approximate surface area is 158 Å². The van der Waals surface area contributed by atoms with E-state index in [1.165, 1.54) is 0 Å². The SMILES string of the molecule is CCCCCOc1ccc(S(=O)(=O)N2CCC(CNC)CC2)cc1.Cl. The van der Waals surface area contributed by atoms with E-state index >= 15 is 0 Å². The number of nitrogens with one attached hydrogen (secondary N) is 1. The van der Waals surface area contributed by atoms with Crippen LogP contribution < -0.4 is 10.1 Å². The van der Waals surface area contributed by atoms with Gasteiger partial charge in [0.25, 0.3) is 0 Å². The lowest BCUT2D eigenvalue weighted by molar-refractivity contribution is 0.270. The largest absolute Gasteiger partial charge is 0.494 e. The summed E-state index contributed by atoms with van der Waals surface area (Å²) in [6.07, 6.45) is 5.16. The van der Waals surface area contributed by atoms with Crippen molar-refractivity contribution in [2.24, 2.45) is 5.92 Å². The van der Waals surface area contributed by atoms with Gasteiger partial charge in [0.05, 0.1) is 11.5 Å². The molecule has 0 aromatic heterocycles. The van der Waals surface area contributed by atoms with Gasteiger partial charge in [0.1, 0.15) is 5.75 Å². The Kier molecular flexibility index (Phi) is 9.79. The average Bonchev–Trinajstić information content (AvgIpc) is 2.60. The van der Waals surface area contributed by atoms with E-state index in [9.17, 15) is 8.42 Å². The van der Waals surface area contributed by atoms with E-state index in [-0.39, 0.29) is 12.4 Å². The molecule has 144 valence electrons. The summed E-state index contributed by atoms with van der Waals surface area (Å²) in [5, 5.41) is 3.17. The van der Waals surface area contributed by atoms with Crippen molar-refractivity contribution in [3.05, 3.63) is 24.3 Å². The highest BCUT2D eigenvalue weighted by molar-refractivity contribution is 7.89. The molecule has 0 saturated carbocycles. The summed E-state index contributed by atoms with van der Waals surface area (Å²) in [6.45, 7) is 4.99. The minimum Gasteiger partial charge on any atom is -0.494 e. The van der Waals surface area contributed by atoms with Gasteiger partial charge in [-0.25, -0.2) is 8.42 Å². The summed E-state index contributed by atoms with van der Waals surface area (Å²) in [4.78, 5) is 0.357. The van der Waals surface area contributed by atoms with Crippen LogP contribution in [0.3, 0.4) is 0 Å². The molecule has 0 atom stereocenters. The maximum atomic E-state index is 12.7. The van der Waals surface area contributed by atoms with Crippen molar-refractivity contribution in [3.8, 4) is 5.75 Å². The summed E-state index contributed by atoms with van der Waals surface area (Å²) in [5.74, 6) is 1.30. The van der Waals surface area contributed by atoms with Crippen LogP contribution in [0.4, 0.5) is 0 Å². The van der Waals surface area contributed by atoms with E-state index in [4.69, 9.17) is 4.74 Å². The van der Waals surface area contributed by atoms with E-state index in [0.717, 1.165) is 44.4 Å². The van der Waals surface area contributed by atoms with Gasteiger partial charge in [0.15, 0.2) is 0 Å². The first-order chi connectivity index (χ1) is 11.6. The molecule has 7 heteroatoms. The Bertz CT molecular complexity index is 585. The topological polar surface area (TPSA) is 58.6 Å². The second-order valence-corrected chi connectivity index (χ2v) is 8.37. The van der Waals surface area contributed by atoms with E-state index in [1.807, 2.05) is 7.05 Å². The van der Waals surface area contributed by atoms with Crippen LogP contribution in [0.25, 0.3) is 0 Å². The first kappa shape index (κ1) is 22.2. The van der Waals surface area contributed by atoms with E-state index in [1.54, 1.807) is 28.6 Å². The molecule has 1 aromatic rings. The molecule has 1 N–H and O–H groups in total. The molecule has 2 rings (SSSR count). The number of sulfonamides is 1. The number of hydrogen-bond acceptors (Lipinski definition) is 4. The lowest BCUT2D eigenvalue weighted by atomic mass is 9.98. The first-order valence-electron chi connectivity index (χ1n) is 8.95. The predicted molar refractivity (Wildman–Crippen MR) is 104 cm³/mol. The van der Waals surface area contributed by atoms with Crippen molar-refractivity contribution in [2.45, 2.75) is 43.9 Å². The molecule has 0 bridgehead atoms. The van der Waals surface area contributed by atoms with Crippen LogP contribution in [0.5, 0.6) is 5.75 Å². The molecule has 0 spiro atoms. The highest BCUT2D eigenvalue weighted by Crippen LogP contribution is 2.25. The van der Waals surface area contributed by atoms with Crippen molar-refractivity contribution < 1.29 is 13.2 Å². The molecule has 0 radical (unpaired) electrons. The van der Waals surface area contributed by atoms with Gasteiger partial charge in [0, 0.05) is 13.1 Å². The third-order valence-corrected chi connectivity index (χ3v) is 6.46. The Hall–Kier alpha value is -0.820. The number of rotatable bonds is 9. The van der Waals surface area contributed by atoms with Gasteiger partial charge in [-0.3, -0.25) is 0 Å². The maximum Gasteiger partial charge on any atom is 0.243 e. The quantitative estimate of drug-likeness (QED) is 0.657. The van der Waals surface area contributed by atoms with Crippen molar-refractivity contribution >= 4 is 22.4 Å². The number of hydrogen-bond donors (Lipinski definition) is 1. The van der Waals surface area contributed by atoms with Gasteiger partial charge in [-0.1, -0.05) is 19.8 Å². The number of ether oxygens (including phenoxy) is 1. The smallest absolute Gasteiger partial charge is 0.243 e. The minimum absolute atomic E-state index is 0. The minimum atomic E-state index is -3.39. The van der Waals surface area contributed by atoms with Crippen LogP contribution in [0, 0.1) is 5.92 Å². The number of halogens is 1. The van der Waals surface area contributed by atoms with Crippen LogP contribution in [0.15, 0.2) is 29.2 Å². The third-order valence-electron chi connectivity index (χ3n) is 4.54. The average molecular weight is 391 g/mol. The standard InChI is InChI=1S/C18H30N2O3S.ClH/c1-3-4-5-14-23-17-6-8-18(9-7-17)24(21,22)20-12-10-16(11-13-20)15-19-2;/h6-9,16,19H,3-5,10-15H2,1-2H3;1H. The lowest BCUT2D eigenvalue weighted by Gasteiger charge is -2.31. The second-order valence-electron chi connectivity index (χ2n) is 6.43. The second kappa shape index (κ2) is 11.0. The van der Waals surface area contributed by atoms with Crippen LogP contribution in [0.2, 0.25) is 0 Å². The van der Waals surface area contributed by atoms with Crippen molar-refractivity contribution in [1.29, 1.82) is 0 Å². The molecule has 1 aliphatic rings. The highest BCUT2D eigenvalue weighted by Gasteiger charge is 2.29. The molecule has 5 nitrogen and oxygen atoms in total. The fraction of sp³-hybridized carbons (Fsp3) is 0.667. The van der Waals surface area contributed by atoms with Gasteiger partial charge < -0.3 is 10.1 Å². The molecule has 25 heavy (non-hydrogen) atoms. The third kappa shape index (κ3) is 6.44. The number of nitrogens with zero attached hydrogens (tertiary/aromatic N) is 1. The summed E-state index contributed by atoms with van der Waals surface area (Å²) in [5.41, 5.74) is 0. The molecule has 1 aliphatic heterocycles. The Balaban J connectivity index is 0.00000312. The zero-order valence-electron chi connectivity index (χ0n) is 15.2. The zero-order chi connectivity index (χ0) is 17.4. The van der Waals surface area contributed by atoms with E-state index in [0.29, 0.717) is 30.5 Å². The van der Waals surface area contributed by atoms with Crippen LogP contribution in [-0.4, -0.2) is 46.0 Å². The number of benzene rings is 1. The van der Waals surface area contributed by atoms with Crippen LogP contribution >= 0.6 is 12.4 Å². The van der Waals surface area contributed by atoms with Crippen LogP contribution in [0.1, 0.15) is 39.0 Å². The van der Waals surface area contributed by atoms with Crippen molar-refractivity contribution in [3.63, 3.8) is 0 Å². The monoisotopic (exact) mass is 390 g/mol. The molecule has 1 saturated heterocycles. The Morgan fingerprint density at radius 3 is 2.36 bits per heavy atom. The predicted octanol–water partition coefficient (Wildman–Crippen LogP) is 3.30. The molecule has 0 amide bonds. The molecule has 1 heterocycles. The van der Waals surface area contributed by atoms with Gasteiger partial charge in [0.2, 0.25) is 10.0 Å². The Morgan fingerprint density at radius 1 is 1.16 bits per heavy atom.